The molecular weight excluding hydrogens is 296 g/mol. The van der Waals surface area contributed by atoms with Gasteiger partial charge in [0.2, 0.25) is 0 Å². The van der Waals surface area contributed by atoms with Gasteiger partial charge in [0.05, 0.1) is 6.61 Å². The second-order valence-corrected chi connectivity index (χ2v) is 2.36. The third kappa shape index (κ3) is 4.88. The fourth-order valence-electron chi connectivity index (χ4n) is 0.618. The molecule has 0 aliphatic carbocycles. The molecule has 0 heterocycles. The Labute approximate surface area is 91.5 Å². The Morgan fingerprint density at radius 3 is 1.85 bits per heavy atom. The molecule has 0 aliphatic heterocycles. The molecule has 0 spiro atoms. The fraction of sp³-hybridized carbons (Fsp3) is 0.833. The molecule has 0 aromatic carbocycles. The average Bonchev–Trinajstić information content (AvgIpc) is 2.12. The van der Waals surface area contributed by atoms with Gasteiger partial charge in [-0.3, -0.25) is 0 Å². The van der Waals surface area contributed by atoms with Gasteiger partial charge in [0.25, 0.3) is 0 Å². The van der Waals surface area contributed by atoms with Crippen molar-refractivity contribution in [2.24, 2.45) is 0 Å². The molecule has 0 radical (unpaired) electrons. The van der Waals surface area contributed by atoms with Crippen molar-refractivity contribution in [2.45, 2.75) is 24.4 Å². The van der Waals surface area contributed by atoms with Crippen molar-refractivity contribution in [3.8, 4) is 0 Å². The van der Waals surface area contributed by atoms with E-state index in [4.69, 9.17) is 25.5 Å². The van der Waals surface area contributed by atoms with Crippen molar-refractivity contribution in [1.29, 1.82) is 0 Å². The summed E-state index contributed by atoms with van der Waals surface area (Å²) in [4.78, 5) is 9.90. The number of aliphatic hydroxyl groups excluding tert-OH is 5. The number of carbonyl (C=O) groups is 1. The van der Waals surface area contributed by atoms with Crippen molar-refractivity contribution in [3.63, 3.8) is 0 Å². The predicted molar refractivity (Wildman–Crippen MR) is 45.7 cm³/mol. The zero-order valence-electron chi connectivity index (χ0n) is 6.74. The molecule has 4 atom stereocenters. The Kier molecular flexibility index (Phi) is 9.24. The summed E-state index contributed by atoms with van der Waals surface area (Å²) in [7, 11) is 0. The van der Waals surface area contributed by atoms with Gasteiger partial charge >= 0.3 is 23.7 Å². The molecular formula is C6H14O6Te. The van der Waals surface area contributed by atoms with E-state index in [1.165, 1.54) is 0 Å². The first kappa shape index (κ1) is 15.7. The molecule has 4 unspecified atom stereocenters. The Bertz CT molecular complexity index is 143. The molecule has 13 heavy (non-hydrogen) atoms. The van der Waals surface area contributed by atoms with Crippen LogP contribution in [0.1, 0.15) is 0 Å². The summed E-state index contributed by atoms with van der Waals surface area (Å²) in [6.45, 7) is -0.760. The predicted octanol–water partition coefficient (Wildman–Crippen LogP) is -4.29. The normalized spacial score (nSPS) is 19.5. The van der Waals surface area contributed by atoms with Crippen LogP contribution >= 0.6 is 0 Å². The standard InChI is InChI=1S/C6H12O6.H2Te/c7-1-3(9)5(11)6(12)4(10)2-8;/h1,3-6,8-12H,2H2;1H2. The summed E-state index contributed by atoms with van der Waals surface area (Å²) in [6, 6.07) is 0. The summed E-state index contributed by atoms with van der Waals surface area (Å²) in [6.07, 6.45) is -6.84. The quantitative estimate of drug-likeness (QED) is 0.259. The maximum atomic E-state index is 9.90. The Morgan fingerprint density at radius 2 is 1.54 bits per heavy atom. The van der Waals surface area contributed by atoms with Crippen molar-refractivity contribution in [2.75, 3.05) is 6.61 Å². The molecule has 0 aromatic rings. The molecule has 0 rings (SSSR count). The van der Waals surface area contributed by atoms with Crippen LogP contribution in [0.4, 0.5) is 0 Å². The first-order chi connectivity index (χ1) is 5.54. The zero-order valence-corrected chi connectivity index (χ0v) is 9.59. The van der Waals surface area contributed by atoms with E-state index in [-0.39, 0.29) is 30.0 Å². The van der Waals surface area contributed by atoms with E-state index >= 15 is 0 Å². The van der Waals surface area contributed by atoms with Crippen molar-refractivity contribution in [3.05, 3.63) is 0 Å². The zero-order chi connectivity index (χ0) is 9.72. The summed E-state index contributed by atoms with van der Waals surface area (Å²) < 4.78 is 0. The summed E-state index contributed by atoms with van der Waals surface area (Å²) >= 11 is 0. The number of hydrogen-bond donors (Lipinski definition) is 5. The number of aliphatic hydroxyl groups is 5. The topological polar surface area (TPSA) is 118 Å². The second kappa shape index (κ2) is 7.64. The van der Waals surface area contributed by atoms with Crippen LogP contribution in [0, 0.1) is 0 Å². The molecule has 0 fully saturated rings. The van der Waals surface area contributed by atoms with Gasteiger partial charge in [-0.15, -0.1) is 0 Å². The van der Waals surface area contributed by atoms with Crippen molar-refractivity contribution in [1.82, 2.24) is 0 Å². The molecule has 0 amide bonds. The van der Waals surface area contributed by atoms with Crippen LogP contribution in [-0.2, 0) is 4.79 Å². The molecule has 80 valence electrons. The van der Waals surface area contributed by atoms with Gasteiger partial charge in [0.1, 0.15) is 24.4 Å². The van der Waals surface area contributed by atoms with Gasteiger partial charge in [-0.25, -0.2) is 0 Å². The van der Waals surface area contributed by atoms with E-state index in [9.17, 15) is 4.79 Å². The number of rotatable bonds is 5. The minimum absolute atomic E-state index is 0. The second-order valence-electron chi connectivity index (χ2n) is 2.36. The van der Waals surface area contributed by atoms with Crippen LogP contribution < -0.4 is 0 Å². The van der Waals surface area contributed by atoms with Crippen LogP contribution in [0.15, 0.2) is 0 Å². The van der Waals surface area contributed by atoms with E-state index in [1.807, 2.05) is 0 Å². The van der Waals surface area contributed by atoms with E-state index in [2.05, 4.69) is 0 Å². The molecule has 5 N–H and O–H groups in total. The van der Waals surface area contributed by atoms with E-state index < -0.39 is 31.0 Å². The molecule has 0 aromatic heterocycles. The Balaban J connectivity index is 0. The van der Waals surface area contributed by atoms with Crippen LogP contribution in [0.25, 0.3) is 0 Å². The number of hydrogen-bond acceptors (Lipinski definition) is 6. The van der Waals surface area contributed by atoms with Crippen molar-refractivity contribution < 1.29 is 30.3 Å². The van der Waals surface area contributed by atoms with Gasteiger partial charge < -0.3 is 30.3 Å². The van der Waals surface area contributed by atoms with E-state index in [0.717, 1.165) is 0 Å². The molecule has 0 saturated heterocycles. The summed E-state index contributed by atoms with van der Waals surface area (Å²) in [5.74, 6) is 0. The third-order valence-electron chi connectivity index (χ3n) is 1.42. The number of aldehydes is 1. The molecule has 0 aliphatic rings. The molecule has 6 nitrogen and oxygen atoms in total. The third-order valence-corrected chi connectivity index (χ3v) is 1.42. The average molecular weight is 310 g/mol. The van der Waals surface area contributed by atoms with Crippen LogP contribution in [0.3, 0.4) is 0 Å². The van der Waals surface area contributed by atoms with Gasteiger partial charge in [0, 0.05) is 0 Å². The Hall–Kier alpha value is 0.260. The van der Waals surface area contributed by atoms with Crippen LogP contribution in [0.5, 0.6) is 0 Å². The van der Waals surface area contributed by atoms with Gasteiger partial charge in [-0.05, 0) is 0 Å². The first-order valence-corrected chi connectivity index (χ1v) is 3.33. The van der Waals surface area contributed by atoms with Gasteiger partial charge in [-0.1, -0.05) is 0 Å². The summed E-state index contributed by atoms with van der Waals surface area (Å²) in [5, 5.41) is 43.5. The Morgan fingerprint density at radius 1 is 1.08 bits per heavy atom. The van der Waals surface area contributed by atoms with E-state index in [1.54, 1.807) is 0 Å². The van der Waals surface area contributed by atoms with Crippen molar-refractivity contribution >= 4 is 30.0 Å². The summed E-state index contributed by atoms with van der Waals surface area (Å²) in [5.41, 5.74) is 0. The van der Waals surface area contributed by atoms with E-state index in [0.29, 0.717) is 0 Å². The van der Waals surface area contributed by atoms with Crippen LogP contribution in [0.2, 0.25) is 0 Å². The number of carbonyl (C=O) groups excluding carboxylic acids is 1. The SMILES string of the molecule is O=CC(O)C(O)C(O)C(O)CO.[TeH2]. The van der Waals surface area contributed by atoms with Crippen LogP contribution in [-0.4, -0.2) is 86.5 Å². The minimum atomic E-state index is -1.79. The monoisotopic (exact) mass is 312 g/mol. The molecule has 0 saturated carbocycles. The van der Waals surface area contributed by atoms with Gasteiger partial charge in [0.15, 0.2) is 6.29 Å². The first-order valence-electron chi connectivity index (χ1n) is 3.33. The maximum absolute atomic E-state index is 9.90. The van der Waals surface area contributed by atoms with Gasteiger partial charge in [-0.2, -0.15) is 0 Å². The molecule has 7 heteroatoms. The molecule has 0 bridgehead atoms. The fourth-order valence-corrected chi connectivity index (χ4v) is 0.618.